The molecule has 1 aliphatic carbocycles. The Balaban J connectivity index is 1.45. The van der Waals surface area contributed by atoms with Crippen LogP contribution in [0.3, 0.4) is 0 Å². The number of amides is 2. The van der Waals surface area contributed by atoms with Gasteiger partial charge in [0.1, 0.15) is 21.3 Å². The van der Waals surface area contributed by atoms with E-state index in [4.69, 9.17) is 22.1 Å². The summed E-state index contributed by atoms with van der Waals surface area (Å²) in [7, 11) is 0. The number of fused-ring (bicyclic) bond motifs is 1. The number of halogens is 1. The summed E-state index contributed by atoms with van der Waals surface area (Å²) in [5, 5.41) is 6.73. The molecule has 0 saturated heterocycles. The molecule has 10 heteroatoms. The first kappa shape index (κ1) is 20.4. The molecule has 1 fully saturated rings. The third-order valence-corrected chi connectivity index (χ3v) is 6.29. The predicted molar refractivity (Wildman–Crippen MR) is 115 cm³/mol. The van der Waals surface area contributed by atoms with Gasteiger partial charge in [0.05, 0.1) is 17.8 Å². The Morgan fingerprint density at radius 1 is 1.33 bits per heavy atom. The zero-order chi connectivity index (χ0) is 21.3. The molecule has 2 amide bonds. The Kier molecular flexibility index (Phi) is 5.74. The van der Waals surface area contributed by atoms with Crippen LogP contribution < -0.4 is 26.1 Å². The summed E-state index contributed by atoms with van der Waals surface area (Å²) in [4.78, 5) is 32.9. The van der Waals surface area contributed by atoms with Crippen molar-refractivity contribution >= 4 is 50.7 Å². The van der Waals surface area contributed by atoms with Gasteiger partial charge >= 0.3 is 0 Å². The maximum absolute atomic E-state index is 12.4. The number of anilines is 1. The molecule has 5 N–H and O–H groups in total. The van der Waals surface area contributed by atoms with Crippen molar-refractivity contribution in [3.8, 4) is 5.88 Å². The van der Waals surface area contributed by atoms with Crippen molar-refractivity contribution in [1.82, 2.24) is 15.6 Å². The highest BCUT2D eigenvalue weighted by molar-refractivity contribution is 7.21. The van der Waals surface area contributed by atoms with E-state index in [-0.39, 0.29) is 36.9 Å². The second-order valence-electron chi connectivity index (χ2n) is 7.02. The summed E-state index contributed by atoms with van der Waals surface area (Å²) in [6.07, 6.45) is 5.35. The maximum Gasteiger partial charge on any atom is 0.263 e. The Bertz CT molecular complexity index is 1110. The normalized spacial score (nSPS) is 13.3. The van der Waals surface area contributed by atoms with Gasteiger partial charge in [0.25, 0.3) is 11.8 Å². The topological polar surface area (TPSA) is 120 Å². The van der Waals surface area contributed by atoms with Crippen LogP contribution in [0, 0.1) is 6.92 Å². The Morgan fingerprint density at radius 2 is 2.07 bits per heavy atom. The van der Waals surface area contributed by atoms with Crippen LogP contribution in [0.25, 0.3) is 10.2 Å². The first-order chi connectivity index (χ1) is 14.5. The van der Waals surface area contributed by atoms with E-state index in [1.165, 1.54) is 11.3 Å². The molecular formula is C20H21ClN5O3S+. The number of nitrogens with zero attached hydrogens (tertiary/aromatic N) is 1. The van der Waals surface area contributed by atoms with Crippen molar-refractivity contribution < 1.29 is 19.3 Å². The lowest BCUT2D eigenvalue weighted by atomic mass is 10.1. The summed E-state index contributed by atoms with van der Waals surface area (Å²) >= 11 is 7.66. The standard InChI is InChI=1S/C20H20ClN5O3S/c1-10-13-15(22)16(18(28)25-12-2-3-12)30-20(13)26-19(14(10)21)29-9-8-24-17(27)11-4-6-23-7-5-11/h4-7,12H,2-3,8-9,22H2,1H3,(H,24,27)(H,25,28)/p+1. The van der Waals surface area contributed by atoms with E-state index in [2.05, 4.69) is 20.6 Å². The number of H-pyrrole nitrogens is 1. The van der Waals surface area contributed by atoms with Crippen LogP contribution >= 0.6 is 22.9 Å². The summed E-state index contributed by atoms with van der Waals surface area (Å²) in [5.74, 6) is -0.131. The average molecular weight is 447 g/mol. The van der Waals surface area contributed by atoms with Gasteiger partial charge in [-0.3, -0.25) is 9.59 Å². The maximum atomic E-state index is 12.4. The number of nitrogen functional groups attached to an aromatic ring is 1. The number of nitrogens with two attached hydrogens (primary N) is 1. The number of aryl methyl sites for hydroxylation is 1. The van der Waals surface area contributed by atoms with Crippen LogP contribution in [0.15, 0.2) is 24.5 Å². The van der Waals surface area contributed by atoms with Gasteiger partial charge in [-0.25, -0.2) is 9.97 Å². The van der Waals surface area contributed by atoms with E-state index in [0.717, 1.165) is 12.8 Å². The van der Waals surface area contributed by atoms with Crippen LogP contribution in [0.2, 0.25) is 5.02 Å². The fourth-order valence-corrected chi connectivity index (χ4v) is 4.22. The highest BCUT2D eigenvalue weighted by atomic mass is 35.5. The highest BCUT2D eigenvalue weighted by Crippen LogP contribution is 2.40. The quantitative estimate of drug-likeness (QED) is 0.481. The SMILES string of the molecule is Cc1c(Cl)c(OCCNC(=O)c2cc[nH+]cc2)nc2sc(C(=O)NC3CC3)c(N)c12. The van der Waals surface area contributed by atoms with Crippen molar-refractivity contribution in [3.05, 3.63) is 45.6 Å². The van der Waals surface area contributed by atoms with E-state index >= 15 is 0 Å². The Labute approximate surface area is 181 Å². The Hall–Kier alpha value is -2.91. The van der Waals surface area contributed by atoms with Gasteiger partial charge in [0.15, 0.2) is 12.4 Å². The number of pyridine rings is 2. The van der Waals surface area contributed by atoms with Crippen LogP contribution in [-0.4, -0.2) is 36.0 Å². The Morgan fingerprint density at radius 3 is 2.77 bits per heavy atom. The van der Waals surface area contributed by atoms with Gasteiger partial charge in [-0.15, -0.1) is 11.3 Å². The molecule has 0 atom stereocenters. The van der Waals surface area contributed by atoms with Gasteiger partial charge in [-0.2, -0.15) is 0 Å². The van der Waals surface area contributed by atoms with E-state index in [1.54, 1.807) is 24.5 Å². The molecule has 0 aliphatic heterocycles. The van der Waals surface area contributed by atoms with E-state index in [0.29, 0.717) is 36.9 Å². The molecule has 0 radical (unpaired) electrons. The molecule has 3 aromatic heterocycles. The summed E-state index contributed by atoms with van der Waals surface area (Å²) in [5.41, 5.74) is 7.87. The number of hydrogen-bond acceptors (Lipinski definition) is 6. The molecule has 0 aromatic carbocycles. The minimum atomic E-state index is -0.198. The van der Waals surface area contributed by atoms with Gasteiger partial charge in [-0.1, -0.05) is 11.6 Å². The molecule has 0 bridgehead atoms. The first-order valence-corrected chi connectivity index (χ1v) is 10.7. The third kappa shape index (κ3) is 4.17. The van der Waals surface area contributed by atoms with Crippen LogP contribution in [-0.2, 0) is 0 Å². The van der Waals surface area contributed by atoms with Crippen LogP contribution in [0.1, 0.15) is 38.4 Å². The number of thiophene rings is 1. The highest BCUT2D eigenvalue weighted by Gasteiger charge is 2.27. The number of aromatic nitrogens is 2. The fourth-order valence-electron chi connectivity index (χ4n) is 2.98. The van der Waals surface area contributed by atoms with E-state index in [1.807, 2.05) is 6.92 Å². The second-order valence-corrected chi connectivity index (χ2v) is 8.40. The van der Waals surface area contributed by atoms with Crippen molar-refractivity contribution in [1.29, 1.82) is 0 Å². The zero-order valence-corrected chi connectivity index (χ0v) is 17.8. The fraction of sp³-hybridized carbons (Fsp3) is 0.300. The van der Waals surface area contributed by atoms with Gasteiger partial charge in [0.2, 0.25) is 5.88 Å². The molecule has 4 rings (SSSR count). The van der Waals surface area contributed by atoms with Gasteiger partial charge in [0, 0.05) is 23.6 Å². The molecule has 156 valence electrons. The molecule has 30 heavy (non-hydrogen) atoms. The number of aromatic amines is 1. The molecule has 1 aliphatic rings. The van der Waals surface area contributed by atoms with E-state index in [9.17, 15) is 9.59 Å². The molecule has 3 aromatic rings. The number of nitrogens with one attached hydrogen (secondary N) is 3. The molecule has 8 nitrogen and oxygen atoms in total. The van der Waals surface area contributed by atoms with Crippen molar-refractivity contribution in [3.63, 3.8) is 0 Å². The van der Waals surface area contributed by atoms with Gasteiger partial charge < -0.3 is 21.1 Å². The molecular weight excluding hydrogens is 426 g/mol. The summed E-state index contributed by atoms with van der Waals surface area (Å²) in [6.45, 7) is 2.30. The first-order valence-electron chi connectivity index (χ1n) is 9.51. The molecule has 3 heterocycles. The number of carbonyl (C=O) groups is 2. The minimum Gasteiger partial charge on any atom is -0.475 e. The molecule has 1 saturated carbocycles. The second kappa shape index (κ2) is 8.45. The summed E-state index contributed by atoms with van der Waals surface area (Å²) in [6, 6.07) is 3.61. The van der Waals surface area contributed by atoms with Crippen molar-refractivity contribution in [2.24, 2.45) is 0 Å². The average Bonchev–Trinajstić information content (AvgIpc) is 3.50. The summed E-state index contributed by atoms with van der Waals surface area (Å²) < 4.78 is 5.70. The van der Waals surface area contributed by atoms with Crippen LogP contribution in [0.4, 0.5) is 5.69 Å². The number of rotatable bonds is 7. The lowest BCUT2D eigenvalue weighted by Gasteiger charge is -2.10. The predicted octanol–water partition coefficient (Wildman–Crippen LogP) is 2.36. The minimum absolute atomic E-state index is 0.183. The smallest absolute Gasteiger partial charge is 0.263 e. The lowest BCUT2D eigenvalue weighted by molar-refractivity contribution is -0.378. The van der Waals surface area contributed by atoms with Crippen LogP contribution in [0.5, 0.6) is 5.88 Å². The number of hydrogen-bond donors (Lipinski definition) is 3. The van der Waals surface area contributed by atoms with Crippen molar-refractivity contribution in [2.75, 3.05) is 18.9 Å². The zero-order valence-electron chi connectivity index (χ0n) is 16.3. The van der Waals surface area contributed by atoms with E-state index < -0.39 is 0 Å². The van der Waals surface area contributed by atoms with Gasteiger partial charge in [-0.05, 0) is 25.3 Å². The third-order valence-electron chi connectivity index (χ3n) is 4.75. The van der Waals surface area contributed by atoms with Crippen molar-refractivity contribution in [2.45, 2.75) is 25.8 Å². The number of carbonyl (C=O) groups excluding carboxylic acids is 2. The molecule has 0 unspecified atom stereocenters. The molecule has 0 spiro atoms. The number of ether oxygens (including phenoxy) is 1. The largest absolute Gasteiger partial charge is 0.475 e. The monoisotopic (exact) mass is 446 g/mol. The lowest BCUT2D eigenvalue weighted by Crippen LogP contribution is -2.28.